The molecule has 0 aliphatic carbocycles. The first-order valence-electron chi connectivity index (χ1n) is 6.43. The van der Waals surface area contributed by atoms with Crippen LogP contribution in [-0.2, 0) is 4.79 Å². The summed E-state index contributed by atoms with van der Waals surface area (Å²) < 4.78 is 0. The zero-order valence-corrected chi connectivity index (χ0v) is 12.6. The number of hydrogen-bond acceptors (Lipinski definition) is 3. The molecule has 0 unspecified atom stereocenters. The number of benzene rings is 1. The van der Waals surface area contributed by atoms with Gasteiger partial charge in [0.1, 0.15) is 0 Å². The molecule has 0 spiro atoms. The number of nitrogens with one attached hydrogen (secondary N) is 2. The maximum Gasteiger partial charge on any atom is 0.251 e. The van der Waals surface area contributed by atoms with Crippen LogP contribution in [0.2, 0.25) is 0 Å². The van der Waals surface area contributed by atoms with E-state index in [0.29, 0.717) is 30.6 Å². The van der Waals surface area contributed by atoms with Gasteiger partial charge in [0.2, 0.25) is 5.91 Å². The van der Waals surface area contributed by atoms with E-state index in [-0.39, 0.29) is 30.3 Å². The Bertz CT molecular complexity index is 433. The van der Waals surface area contributed by atoms with E-state index >= 15 is 0 Å². The van der Waals surface area contributed by atoms with E-state index in [1.54, 1.807) is 24.3 Å². The summed E-state index contributed by atoms with van der Waals surface area (Å²) in [7, 11) is 0. The zero-order valence-electron chi connectivity index (χ0n) is 11.8. The van der Waals surface area contributed by atoms with Gasteiger partial charge in [-0.2, -0.15) is 0 Å². The van der Waals surface area contributed by atoms with Crippen LogP contribution >= 0.6 is 12.4 Å². The van der Waals surface area contributed by atoms with E-state index in [2.05, 4.69) is 10.6 Å². The molecule has 0 bridgehead atoms. The molecule has 0 aliphatic rings. The third kappa shape index (κ3) is 6.54. The van der Waals surface area contributed by atoms with Crippen molar-refractivity contribution in [3.8, 4) is 0 Å². The Morgan fingerprint density at radius 3 is 2.30 bits per heavy atom. The topological polar surface area (TPSA) is 84.2 Å². The highest BCUT2D eigenvalue weighted by Crippen LogP contribution is 2.10. The molecule has 0 fully saturated rings. The van der Waals surface area contributed by atoms with E-state index in [1.807, 2.05) is 13.8 Å². The van der Waals surface area contributed by atoms with E-state index in [1.165, 1.54) is 0 Å². The Labute approximate surface area is 125 Å². The molecule has 0 heterocycles. The number of rotatable bonds is 6. The molecule has 4 N–H and O–H groups in total. The van der Waals surface area contributed by atoms with E-state index in [0.717, 1.165) is 0 Å². The second-order valence-electron chi connectivity index (χ2n) is 4.65. The van der Waals surface area contributed by atoms with Crippen LogP contribution in [0.4, 0.5) is 5.69 Å². The fourth-order valence-corrected chi connectivity index (χ4v) is 1.54. The summed E-state index contributed by atoms with van der Waals surface area (Å²) in [4.78, 5) is 23.2. The number of hydrogen-bond donors (Lipinski definition) is 3. The van der Waals surface area contributed by atoms with Gasteiger partial charge < -0.3 is 16.4 Å². The van der Waals surface area contributed by atoms with Crippen LogP contribution in [0, 0.1) is 0 Å². The number of amides is 2. The fraction of sp³-hybridized carbons (Fsp3) is 0.429. The molecule has 0 radical (unpaired) electrons. The predicted molar refractivity (Wildman–Crippen MR) is 83.2 cm³/mol. The molecular formula is C14H22ClN3O2. The Hall–Kier alpha value is -1.59. The Morgan fingerprint density at radius 2 is 1.80 bits per heavy atom. The number of halogens is 1. The molecule has 1 aromatic carbocycles. The van der Waals surface area contributed by atoms with E-state index < -0.39 is 0 Å². The first kappa shape index (κ1) is 18.4. The van der Waals surface area contributed by atoms with Crippen molar-refractivity contribution in [2.45, 2.75) is 32.7 Å². The van der Waals surface area contributed by atoms with Crippen LogP contribution in [0.5, 0.6) is 0 Å². The van der Waals surface area contributed by atoms with Crippen molar-refractivity contribution in [2.24, 2.45) is 5.73 Å². The lowest BCUT2D eigenvalue weighted by Gasteiger charge is -2.09. The number of carbonyl (C=O) groups is 2. The van der Waals surface area contributed by atoms with Gasteiger partial charge in [0, 0.05) is 23.7 Å². The van der Waals surface area contributed by atoms with E-state index in [4.69, 9.17) is 5.73 Å². The van der Waals surface area contributed by atoms with Crippen LogP contribution in [0.1, 0.15) is 37.0 Å². The fourth-order valence-electron chi connectivity index (χ4n) is 1.54. The molecule has 2 amide bonds. The normalized spacial score (nSPS) is 9.80. The Morgan fingerprint density at radius 1 is 1.20 bits per heavy atom. The Balaban J connectivity index is 0.00000361. The van der Waals surface area contributed by atoms with Gasteiger partial charge in [0.05, 0.1) is 0 Å². The highest BCUT2D eigenvalue weighted by Gasteiger charge is 2.07. The quantitative estimate of drug-likeness (QED) is 0.750. The monoisotopic (exact) mass is 299 g/mol. The van der Waals surface area contributed by atoms with Gasteiger partial charge in [-0.25, -0.2) is 0 Å². The van der Waals surface area contributed by atoms with Crippen molar-refractivity contribution in [3.05, 3.63) is 29.8 Å². The maximum absolute atomic E-state index is 11.7. The van der Waals surface area contributed by atoms with Crippen LogP contribution in [0.15, 0.2) is 24.3 Å². The minimum Gasteiger partial charge on any atom is -0.350 e. The van der Waals surface area contributed by atoms with Gasteiger partial charge in [0.15, 0.2) is 0 Å². The summed E-state index contributed by atoms with van der Waals surface area (Å²) in [6, 6.07) is 6.92. The largest absolute Gasteiger partial charge is 0.350 e. The molecule has 0 saturated heterocycles. The summed E-state index contributed by atoms with van der Waals surface area (Å²) in [5.74, 6) is -0.180. The molecule has 0 aliphatic heterocycles. The van der Waals surface area contributed by atoms with Gasteiger partial charge in [-0.05, 0) is 51.1 Å². The first-order valence-corrected chi connectivity index (χ1v) is 6.43. The second kappa shape index (κ2) is 9.34. The van der Waals surface area contributed by atoms with Crippen LogP contribution in [-0.4, -0.2) is 24.4 Å². The molecule has 112 valence electrons. The standard InChI is InChI=1S/C14H21N3O2.ClH/c1-10(2)16-14(19)11-5-7-12(8-6-11)17-13(18)4-3-9-15;/h5-8,10H,3-4,9,15H2,1-2H3,(H,16,19)(H,17,18);1H. The van der Waals surface area contributed by atoms with Crippen LogP contribution < -0.4 is 16.4 Å². The average molecular weight is 300 g/mol. The predicted octanol–water partition coefficient (Wildman–Crippen LogP) is 1.92. The molecule has 5 nitrogen and oxygen atoms in total. The molecule has 0 atom stereocenters. The molecule has 0 aromatic heterocycles. The van der Waals surface area contributed by atoms with Crippen molar-refractivity contribution in [3.63, 3.8) is 0 Å². The third-order valence-electron chi connectivity index (χ3n) is 2.46. The smallest absolute Gasteiger partial charge is 0.251 e. The maximum atomic E-state index is 11.7. The molecular weight excluding hydrogens is 278 g/mol. The van der Waals surface area contributed by atoms with Crippen molar-refractivity contribution >= 4 is 29.9 Å². The molecule has 6 heteroatoms. The second-order valence-corrected chi connectivity index (χ2v) is 4.65. The molecule has 1 aromatic rings. The molecule has 0 saturated carbocycles. The lowest BCUT2D eigenvalue weighted by Crippen LogP contribution is -2.30. The lowest BCUT2D eigenvalue weighted by atomic mass is 10.2. The summed E-state index contributed by atoms with van der Waals surface area (Å²) >= 11 is 0. The van der Waals surface area contributed by atoms with Gasteiger partial charge >= 0.3 is 0 Å². The van der Waals surface area contributed by atoms with Crippen LogP contribution in [0.3, 0.4) is 0 Å². The van der Waals surface area contributed by atoms with Crippen molar-refractivity contribution < 1.29 is 9.59 Å². The van der Waals surface area contributed by atoms with Gasteiger partial charge in [-0.3, -0.25) is 9.59 Å². The Kier molecular flexibility index (Phi) is 8.59. The van der Waals surface area contributed by atoms with Gasteiger partial charge in [0.25, 0.3) is 5.91 Å². The highest BCUT2D eigenvalue weighted by atomic mass is 35.5. The van der Waals surface area contributed by atoms with Gasteiger partial charge in [-0.1, -0.05) is 0 Å². The number of nitrogens with two attached hydrogens (primary N) is 1. The number of carbonyl (C=O) groups excluding carboxylic acids is 2. The summed E-state index contributed by atoms with van der Waals surface area (Å²) in [6.45, 7) is 4.32. The summed E-state index contributed by atoms with van der Waals surface area (Å²) in [5, 5.41) is 5.56. The average Bonchev–Trinajstić information content (AvgIpc) is 2.36. The highest BCUT2D eigenvalue weighted by molar-refractivity contribution is 5.95. The molecule has 1 rings (SSSR count). The van der Waals surface area contributed by atoms with Crippen molar-refractivity contribution in [1.29, 1.82) is 0 Å². The van der Waals surface area contributed by atoms with E-state index in [9.17, 15) is 9.59 Å². The molecule has 20 heavy (non-hydrogen) atoms. The minimum absolute atomic E-state index is 0. The summed E-state index contributed by atoms with van der Waals surface area (Å²) in [5.41, 5.74) is 6.60. The lowest BCUT2D eigenvalue weighted by molar-refractivity contribution is -0.116. The summed E-state index contributed by atoms with van der Waals surface area (Å²) in [6.07, 6.45) is 1.08. The number of anilines is 1. The van der Waals surface area contributed by atoms with Crippen LogP contribution in [0.25, 0.3) is 0 Å². The minimum atomic E-state index is -0.115. The first-order chi connectivity index (χ1) is 9.02. The zero-order chi connectivity index (χ0) is 14.3. The van der Waals surface area contributed by atoms with Crippen molar-refractivity contribution in [2.75, 3.05) is 11.9 Å². The van der Waals surface area contributed by atoms with Crippen molar-refractivity contribution in [1.82, 2.24) is 5.32 Å². The SMILES string of the molecule is CC(C)NC(=O)c1ccc(NC(=O)CCCN)cc1.Cl. The van der Waals surface area contributed by atoms with Gasteiger partial charge in [-0.15, -0.1) is 12.4 Å². The third-order valence-corrected chi connectivity index (χ3v) is 2.46.